The van der Waals surface area contributed by atoms with Crippen molar-refractivity contribution in [1.82, 2.24) is 0 Å². The van der Waals surface area contributed by atoms with Crippen molar-refractivity contribution >= 4 is 50.7 Å². The summed E-state index contributed by atoms with van der Waals surface area (Å²) in [6.45, 7) is 2.22. The smallest absolute Gasteiger partial charge is 0.341 e. The van der Waals surface area contributed by atoms with E-state index < -0.39 is 0 Å². The molecule has 1 aliphatic rings. The van der Waals surface area contributed by atoms with Crippen LogP contribution in [0.25, 0.3) is 10.8 Å². The minimum absolute atomic E-state index is 0.0763. The van der Waals surface area contributed by atoms with E-state index in [1.807, 2.05) is 42.5 Å². The van der Waals surface area contributed by atoms with E-state index >= 15 is 0 Å². The number of rotatable bonds is 5. The number of aromatic hydroxyl groups is 1. The maximum absolute atomic E-state index is 12.5. The second-order valence-corrected chi connectivity index (χ2v) is 9.81. The van der Waals surface area contributed by atoms with Crippen molar-refractivity contribution in [2.75, 3.05) is 7.11 Å². The van der Waals surface area contributed by atoms with Gasteiger partial charge in [-0.05, 0) is 60.4 Å². The molecule has 6 nitrogen and oxygen atoms in total. The molecule has 7 heteroatoms. The van der Waals surface area contributed by atoms with Crippen molar-refractivity contribution in [3.05, 3.63) is 82.2 Å². The third-order valence-corrected chi connectivity index (χ3v) is 7.42. The van der Waals surface area contributed by atoms with Crippen LogP contribution in [0.5, 0.6) is 5.75 Å². The Hall–Kier alpha value is -3.84. The summed E-state index contributed by atoms with van der Waals surface area (Å²) >= 11 is 1.52. The lowest BCUT2D eigenvalue weighted by atomic mass is 9.88. The molecular weight excluding hydrogens is 458 g/mol. The van der Waals surface area contributed by atoms with E-state index in [1.165, 1.54) is 23.3 Å². The minimum atomic E-state index is -0.369. The molecule has 0 radical (unpaired) electrons. The van der Waals surface area contributed by atoms with Crippen LogP contribution >= 0.6 is 11.3 Å². The molecule has 5 rings (SSSR count). The predicted octanol–water partition coefficient (Wildman–Crippen LogP) is 7.68. The topological polar surface area (TPSA) is 83.6 Å². The van der Waals surface area contributed by atoms with E-state index in [1.54, 1.807) is 24.4 Å². The number of methoxy groups -OCH3 is 1. The molecule has 0 amide bonds. The van der Waals surface area contributed by atoms with Crippen molar-refractivity contribution in [2.24, 2.45) is 21.1 Å². The molecule has 176 valence electrons. The number of ether oxygens (including phenoxy) is 1. The van der Waals surface area contributed by atoms with Gasteiger partial charge < -0.3 is 9.84 Å². The fraction of sp³-hybridized carbons (Fsp3) is 0.214. The highest BCUT2D eigenvalue weighted by atomic mass is 32.1. The zero-order valence-corrected chi connectivity index (χ0v) is 20.4. The second-order valence-electron chi connectivity index (χ2n) is 8.72. The average Bonchev–Trinajstić information content (AvgIpc) is 3.24. The molecule has 1 heterocycles. The van der Waals surface area contributed by atoms with Crippen LogP contribution in [0.3, 0.4) is 0 Å². The molecule has 0 bridgehead atoms. The minimum Gasteiger partial charge on any atom is -0.507 e. The van der Waals surface area contributed by atoms with E-state index in [0.717, 1.165) is 41.3 Å². The number of hydrogen-bond donors (Lipinski definition) is 1. The van der Waals surface area contributed by atoms with Crippen molar-refractivity contribution < 1.29 is 14.6 Å². The molecule has 0 saturated heterocycles. The number of carbonyl (C=O) groups excluding carboxylic acids is 1. The van der Waals surface area contributed by atoms with Gasteiger partial charge in [0.05, 0.1) is 24.0 Å². The SMILES string of the molecule is COC(=O)c1c(N=Cc2cc(N=Nc3cccc4ccccc34)ccc2O)sc2c1CCC(C)C2. The first kappa shape index (κ1) is 22.9. The maximum Gasteiger partial charge on any atom is 0.341 e. The standard InChI is InChI=1S/C28H25N3O3S/c1-17-10-12-22-25(14-17)35-27(26(22)28(33)34-2)29-16-19-15-20(11-13-24(19)32)30-31-23-9-5-7-18-6-3-4-8-21(18)23/h3-9,11,13,15-17,32H,10,12,14H2,1-2H3. The number of aliphatic imine (C=N–C) groups is 1. The van der Waals surface area contributed by atoms with Crippen LogP contribution in [0.2, 0.25) is 0 Å². The molecule has 1 aromatic heterocycles. The molecule has 0 fully saturated rings. The van der Waals surface area contributed by atoms with Gasteiger partial charge in [-0.15, -0.1) is 16.5 Å². The normalized spacial score (nSPS) is 15.7. The number of fused-ring (bicyclic) bond motifs is 2. The summed E-state index contributed by atoms with van der Waals surface area (Å²) < 4.78 is 5.04. The lowest BCUT2D eigenvalue weighted by Gasteiger charge is -2.18. The average molecular weight is 484 g/mol. The third-order valence-electron chi connectivity index (χ3n) is 6.25. The fourth-order valence-electron chi connectivity index (χ4n) is 4.38. The van der Waals surface area contributed by atoms with Gasteiger partial charge in [0.15, 0.2) is 0 Å². The Morgan fingerprint density at radius 2 is 1.94 bits per heavy atom. The molecule has 3 aromatic carbocycles. The first-order valence-electron chi connectivity index (χ1n) is 11.5. The second kappa shape index (κ2) is 9.80. The lowest BCUT2D eigenvalue weighted by molar-refractivity contribution is 0.0600. The highest BCUT2D eigenvalue weighted by Crippen LogP contribution is 2.41. The summed E-state index contributed by atoms with van der Waals surface area (Å²) in [7, 11) is 1.39. The fourth-order valence-corrected chi connectivity index (χ4v) is 5.73. The van der Waals surface area contributed by atoms with Crippen LogP contribution in [0.4, 0.5) is 16.4 Å². The first-order valence-corrected chi connectivity index (χ1v) is 12.3. The number of phenolic OH excluding ortho intramolecular Hbond substituents is 1. The Morgan fingerprint density at radius 3 is 2.80 bits per heavy atom. The summed E-state index contributed by atoms with van der Waals surface area (Å²) in [4.78, 5) is 18.3. The Morgan fingerprint density at radius 1 is 1.11 bits per heavy atom. The molecule has 0 spiro atoms. The van der Waals surface area contributed by atoms with Crippen LogP contribution in [-0.4, -0.2) is 24.4 Å². The van der Waals surface area contributed by atoms with E-state index in [2.05, 4.69) is 22.1 Å². The molecule has 1 aliphatic carbocycles. The molecule has 0 saturated carbocycles. The summed E-state index contributed by atoms with van der Waals surface area (Å²) in [5, 5.41) is 21.9. The molecule has 0 aliphatic heterocycles. The zero-order chi connectivity index (χ0) is 24.4. The summed E-state index contributed by atoms with van der Waals surface area (Å²) in [6.07, 6.45) is 4.40. The van der Waals surface area contributed by atoms with Crippen molar-refractivity contribution in [2.45, 2.75) is 26.2 Å². The molecule has 1 unspecified atom stereocenters. The van der Waals surface area contributed by atoms with Gasteiger partial charge in [0.1, 0.15) is 10.8 Å². The Balaban J connectivity index is 1.46. The van der Waals surface area contributed by atoms with Crippen molar-refractivity contribution in [3.8, 4) is 5.75 Å². The van der Waals surface area contributed by atoms with Gasteiger partial charge in [-0.1, -0.05) is 43.3 Å². The van der Waals surface area contributed by atoms with Gasteiger partial charge in [-0.2, -0.15) is 5.11 Å². The highest BCUT2D eigenvalue weighted by Gasteiger charge is 2.27. The van der Waals surface area contributed by atoms with Crippen molar-refractivity contribution in [3.63, 3.8) is 0 Å². The summed E-state index contributed by atoms with van der Waals surface area (Å²) in [6, 6.07) is 18.9. The third kappa shape index (κ3) is 4.72. The monoisotopic (exact) mass is 483 g/mol. The van der Waals surface area contributed by atoms with Gasteiger partial charge in [-0.3, -0.25) is 0 Å². The van der Waals surface area contributed by atoms with Gasteiger partial charge in [0.25, 0.3) is 0 Å². The number of phenols is 1. The molecule has 1 N–H and O–H groups in total. The first-order chi connectivity index (χ1) is 17.0. The number of azo groups is 1. The van der Waals surface area contributed by atoms with Gasteiger partial charge >= 0.3 is 5.97 Å². The number of hydrogen-bond acceptors (Lipinski definition) is 7. The Kier molecular flexibility index (Phi) is 6.42. The van der Waals surface area contributed by atoms with Crippen LogP contribution in [0, 0.1) is 5.92 Å². The zero-order valence-electron chi connectivity index (χ0n) is 19.6. The largest absolute Gasteiger partial charge is 0.507 e. The molecule has 4 aromatic rings. The van der Waals surface area contributed by atoms with Crippen LogP contribution in [-0.2, 0) is 17.6 Å². The van der Waals surface area contributed by atoms with Crippen LogP contribution in [0.15, 0.2) is 75.9 Å². The van der Waals surface area contributed by atoms with E-state index in [4.69, 9.17) is 4.74 Å². The Labute approximate surface area is 207 Å². The Bertz CT molecular complexity index is 1470. The predicted molar refractivity (Wildman–Crippen MR) is 140 cm³/mol. The van der Waals surface area contributed by atoms with Gasteiger partial charge in [-0.25, -0.2) is 9.79 Å². The van der Waals surface area contributed by atoms with Crippen LogP contribution < -0.4 is 0 Å². The summed E-state index contributed by atoms with van der Waals surface area (Å²) in [5.41, 5.74) is 3.45. The molecule has 1 atom stereocenters. The van der Waals surface area contributed by atoms with Crippen LogP contribution in [0.1, 0.15) is 39.7 Å². The maximum atomic E-state index is 12.5. The molecule has 35 heavy (non-hydrogen) atoms. The van der Waals surface area contributed by atoms with Gasteiger partial charge in [0.2, 0.25) is 0 Å². The van der Waals surface area contributed by atoms with E-state index in [9.17, 15) is 9.90 Å². The van der Waals surface area contributed by atoms with E-state index in [0.29, 0.717) is 27.7 Å². The number of esters is 1. The number of thiophene rings is 1. The number of nitrogens with zero attached hydrogens (tertiary/aromatic N) is 3. The lowest BCUT2D eigenvalue weighted by Crippen LogP contribution is -2.12. The van der Waals surface area contributed by atoms with E-state index in [-0.39, 0.29) is 11.7 Å². The highest BCUT2D eigenvalue weighted by molar-refractivity contribution is 7.16. The van der Waals surface area contributed by atoms with Gasteiger partial charge in [0, 0.05) is 22.0 Å². The summed E-state index contributed by atoms with van der Waals surface area (Å²) in [5.74, 6) is 0.287. The number of benzene rings is 3. The van der Waals surface area contributed by atoms with Crippen molar-refractivity contribution in [1.29, 1.82) is 0 Å². The number of carbonyl (C=O) groups is 1. The molecular formula is C28H25N3O3S. The quantitative estimate of drug-likeness (QED) is 0.179.